The minimum absolute atomic E-state index is 0.0490. The number of benzene rings is 2. The van der Waals surface area contributed by atoms with Gasteiger partial charge in [-0.15, -0.1) is 0 Å². The third-order valence-electron chi connectivity index (χ3n) is 8.46. The van der Waals surface area contributed by atoms with Crippen LogP contribution in [0.1, 0.15) is 31.7 Å². The molecule has 0 unspecified atom stereocenters. The summed E-state index contributed by atoms with van der Waals surface area (Å²) in [6.07, 6.45) is 4.32. The topological polar surface area (TPSA) is 87.8 Å². The number of nitrogens with two attached hydrogens (primary N) is 1. The molecule has 0 aliphatic carbocycles. The molecule has 5 rings (SSSR count). The van der Waals surface area contributed by atoms with Crippen molar-refractivity contribution in [1.29, 1.82) is 0 Å². The number of carbonyl (C=O) groups excluding carboxylic acids is 1. The Morgan fingerprint density at radius 1 is 1.07 bits per heavy atom. The average molecular weight is 551 g/mol. The van der Waals surface area contributed by atoms with E-state index < -0.39 is 12.4 Å². The van der Waals surface area contributed by atoms with E-state index in [9.17, 15) is 9.18 Å². The molecule has 1 amide bonds. The zero-order chi connectivity index (χ0) is 28.0. The molecule has 0 atom stereocenters. The van der Waals surface area contributed by atoms with Crippen LogP contribution in [0.2, 0.25) is 0 Å². The number of amides is 1. The second-order valence-electron chi connectivity index (χ2n) is 11.1. The molecule has 8 nitrogen and oxygen atoms in total. The number of hydrogen-bond acceptors (Lipinski definition) is 6. The Kier molecular flexibility index (Phi) is 9.36. The maximum atomic E-state index is 12.7. The van der Waals surface area contributed by atoms with Gasteiger partial charge in [0.15, 0.2) is 0 Å². The van der Waals surface area contributed by atoms with Crippen LogP contribution in [0, 0.1) is 0 Å². The number of nitrogens with zero attached hydrogens (tertiary/aromatic N) is 3. The Morgan fingerprint density at radius 3 is 2.50 bits per heavy atom. The average Bonchev–Trinajstić information content (AvgIpc) is 3.34. The van der Waals surface area contributed by atoms with Crippen molar-refractivity contribution < 1.29 is 13.9 Å². The summed E-state index contributed by atoms with van der Waals surface area (Å²) in [6.45, 7) is 10.7. The predicted molar refractivity (Wildman–Crippen MR) is 158 cm³/mol. The van der Waals surface area contributed by atoms with Gasteiger partial charge in [-0.1, -0.05) is 25.1 Å². The number of piperazine rings is 1. The summed E-state index contributed by atoms with van der Waals surface area (Å²) in [5.41, 5.74) is 10.3. The number of halogens is 1. The van der Waals surface area contributed by atoms with Crippen LogP contribution < -0.4 is 21.1 Å². The van der Waals surface area contributed by atoms with Crippen molar-refractivity contribution in [3.8, 4) is 16.9 Å². The molecule has 9 heteroatoms. The Bertz CT molecular complexity index is 1260. The fourth-order valence-electron chi connectivity index (χ4n) is 5.90. The molecule has 4 N–H and O–H groups in total. The first kappa shape index (κ1) is 28.5. The minimum atomic E-state index is -0.840. The number of aryl methyl sites for hydroxylation is 1. The molecule has 2 aliphatic heterocycles. The van der Waals surface area contributed by atoms with Crippen LogP contribution in [0.5, 0.6) is 5.75 Å². The number of aromatic nitrogens is 1. The van der Waals surface area contributed by atoms with Gasteiger partial charge in [-0.05, 0) is 74.3 Å². The lowest BCUT2D eigenvalue weighted by molar-refractivity contribution is -0.127. The summed E-state index contributed by atoms with van der Waals surface area (Å²) >= 11 is 0. The molecule has 2 saturated heterocycles. The summed E-state index contributed by atoms with van der Waals surface area (Å²) in [5, 5.41) is 7.53. The highest BCUT2D eigenvalue weighted by Crippen LogP contribution is 2.33. The summed E-state index contributed by atoms with van der Waals surface area (Å²) in [5.74, 6) is 0.469. The summed E-state index contributed by atoms with van der Waals surface area (Å²) in [7, 11) is 0. The smallest absolute Gasteiger partial charge is 0.240 e. The predicted octanol–water partition coefficient (Wildman–Crippen LogP) is 3.34. The van der Waals surface area contributed by atoms with Crippen molar-refractivity contribution in [1.82, 2.24) is 25.0 Å². The summed E-state index contributed by atoms with van der Waals surface area (Å²) in [4.78, 5) is 17.8. The largest absolute Gasteiger partial charge is 0.463 e. The molecule has 3 aromatic rings. The molecular formula is C31H43FN6O2. The number of alkyl halides is 1. The van der Waals surface area contributed by atoms with Crippen molar-refractivity contribution >= 4 is 16.8 Å². The molecule has 2 aliphatic rings. The Labute approximate surface area is 236 Å². The van der Waals surface area contributed by atoms with E-state index in [4.69, 9.17) is 10.5 Å². The normalized spacial score (nSPS) is 18.2. The Morgan fingerprint density at radius 2 is 1.80 bits per heavy atom. The van der Waals surface area contributed by atoms with Crippen molar-refractivity contribution in [3.63, 3.8) is 0 Å². The van der Waals surface area contributed by atoms with Gasteiger partial charge in [-0.3, -0.25) is 9.69 Å². The van der Waals surface area contributed by atoms with Gasteiger partial charge in [0, 0.05) is 68.5 Å². The highest BCUT2D eigenvalue weighted by atomic mass is 19.1. The van der Waals surface area contributed by atoms with E-state index in [0.717, 1.165) is 76.5 Å². The Balaban J connectivity index is 1.32. The number of carbonyl (C=O) groups is 1. The standard InChI is InChI=1S/C31H43FN6O2/c1-2-36-16-18-37(19-17-36)21-24-4-9-29-27(20-24)28(25-5-7-26(8-6-25)40-23-32)22-38(29)15-3-12-35-30(39)31(33)10-13-34-14-11-31/h4-9,20,22,34H,2-3,10-19,21,23,33H2,1H3,(H,35,39). The zero-order valence-electron chi connectivity index (χ0n) is 23.6. The van der Waals surface area contributed by atoms with Crippen LogP contribution >= 0.6 is 0 Å². The van der Waals surface area contributed by atoms with E-state index in [1.165, 1.54) is 16.5 Å². The molecule has 0 saturated carbocycles. The minimum Gasteiger partial charge on any atom is -0.463 e. The number of likely N-dealkylation sites (N-methyl/N-ethyl adjacent to an activating group) is 1. The molecule has 0 radical (unpaired) electrons. The van der Waals surface area contributed by atoms with Crippen LogP contribution in [0.15, 0.2) is 48.7 Å². The number of piperidine rings is 1. The molecule has 40 heavy (non-hydrogen) atoms. The van der Waals surface area contributed by atoms with Gasteiger partial charge in [0.25, 0.3) is 0 Å². The second kappa shape index (κ2) is 13.1. The van der Waals surface area contributed by atoms with E-state index in [2.05, 4.69) is 56.3 Å². The first-order valence-corrected chi connectivity index (χ1v) is 14.6. The fraction of sp³-hybridized carbons (Fsp3) is 0.516. The van der Waals surface area contributed by atoms with Gasteiger partial charge in [0.05, 0.1) is 5.54 Å². The van der Waals surface area contributed by atoms with E-state index in [0.29, 0.717) is 25.1 Å². The van der Waals surface area contributed by atoms with Crippen LogP contribution in [0.3, 0.4) is 0 Å². The summed E-state index contributed by atoms with van der Waals surface area (Å²) in [6, 6.07) is 14.4. The third kappa shape index (κ3) is 6.66. The quantitative estimate of drug-likeness (QED) is 0.318. The van der Waals surface area contributed by atoms with Crippen molar-refractivity contribution in [3.05, 3.63) is 54.2 Å². The highest BCUT2D eigenvalue weighted by Gasteiger charge is 2.34. The zero-order valence-corrected chi connectivity index (χ0v) is 23.6. The van der Waals surface area contributed by atoms with Gasteiger partial charge in [-0.25, -0.2) is 4.39 Å². The van der Waals surface area contributed by atoms with Crippen molar-refractivity contribution in [2.75, 3.05) is 59.2 Å². The number of ether oxygens (including phenoxy) is 1. The maximum Gasteiger partial charge on any atom is 0.240 e. The first-order chi connectivity index (χ1) is 19.5. The number of hydrogen-bond donors (Lipinski definition) is 3. The van der Waals surface area contributed by atoms with Crippen LogP contribution in [0.25, 0.3) is 22.0 Å². The molecule has 2 aromatic carbocycles. The second-order valence-corrected chi connectivity index (χ2v) is 11.1. The lowest BCUT2D eigenvalue weighted by atomic mass is 9.88. The van der Waals surface area contributed by atoms with Crippen LogP contribution in [0.4, 0.5) is 4.39 Å². The number of nitrogens with one attached hydrogen (secondary N) is 2. The molecule has 3 heterocycles. The Hall–Kier alpha value is -2.98. The van der Waals surface area contributed by atoms with Crippen molar-refractivity contribution in [2.45, 2.75) is 44.8 Å². The molecule has 2 fully saturated rings. The molecule has 0 spiro atoms. The molecule has 216 valence electrons. The third-order valence-corrected chi connectivity index (χ3v) is 8.46. The van der Waals surface area contributed by atoms with Crippen LogP contribution in [-0.4, -0.2) is 85.0 Å². The molecule has 1 aromatic heterocycles. The van der Waals surface area contributed by atoms with Gasteiger partial charge in [0.1, 0.15) is 5.75 Å². The van der Waals surface area contributed by atoms with Gasteiger partial charge >= 0.3 is 0 Å². The van der Waals surface area contributed by atoms with E-state index in [1.807, 2.05) is 24.3 Å². The van der Waals surface area contributed by atoms with Gasteiger partial charge in [0.2, 0.25) is 12.8 Å². The van der Waals surface area contributed by atoms with E-state index in [-0.39, 0.29) is 5.91 Å². The fourth-order valence-corrected chi connectivity index (χ4v) is 5.90. The van der Waals surface area contributed by atoms with Gasteiger partial charge in [-0.2, -0.15) is 0 Å². The monoisotopic (exact) mass is 550 g/mol. The number of rotatable bonds is 11. The SMILES string of the molecule is CCN1CCN(Cc2ccc3c(c2)c(-c2ccc(OCF)cc2)cn3CCCNC(=O)C2(N)CCNCC2)CC1. The first-order valence-electron chi connectivity index (χ1n) is 14.6. The van der Waals surface area contributed by atoms with Gasteiger partial charge < -0.3 is 30.6 Å². The maximum absolute atomic E-state index is 12.7. The van der Waals surface area contributed by atoms with E-state index >= 15 is 0 Å². The van der Waals surface area contributed by atoms with Crippen molar-refractivity contribution in [2.24, 2.45) is 5.73 Å². The lowest BCUT2D eigenvalue weighted by Crippen LogP contribution is -2.59. The lowest BCUT2D eigenvalue weighted by Gasteiger charge is -2.34. The summed E-state index contributed by atoms with van der Waals surface area (Å²) < 4.78 is 19.9. The highest BCUT2D eigenvalue weighted by molar-refractivity contribution is 5.96. The molecular weight excluding hydrogens is 507 g/mol. The van der Waals surface area contributed by atoms with E-state index in [1.54, 1.807) is 0 Å². The molecule has 0 bridgehead atoms. The van der Waals surface area contributed by atoms with Crippen LogP contribution in [-0.2, 0) is 17.9 Å². The number of fused-ring (bicyclic) bond motifs is 1.